The van der Waals surface area contributed by atoms with Crippen LogP contribution < -0.4 is 10.6 Å². The number of nitrogens with zero attached hydrogens (tertiary/aromatic N) is 1. The number of fused-ring (bicyclic) bond motifs is 4. The number of imide groups is 1. The van der Waals surface area contributed by atoms with E-state index in [0.717, 1.165) is 12.8 Å². The van der Waals surface area contributed by atoms with Crippen molar-refractivity contribution in [2.75, 3.05) is 18.5 Å². The van der Waals surface area contributed by atoms with Crippen LogP contribution >= 0.6 is 0 Å². The summed E-state index contributed by atoms with van der Waals surface area (Å²) in [5, 5.41) is 16.4. The number of anilines is 1. The molecule has 1 aromatic carbocycles. The number of aliphatic hydroxyl groups excluding tert-OH is 1. The van der Waals surface area contributed by atoms with E-state index in [1.165, 1.54) is 4.90 Å². The molecule has 4 heterocycles. The molecule has 2 unspecified atom stereocenters. The number of hydrogen-bond donors (Lipinski definition) is 3. The molecule has 8 heteroatoms. The summed E-state index contributed by atoms with van der Waals surface area (Å²) in [5.74, 6) is -2.73. The molecular weight excluding hydrogens is 362 g/mol. The fourth-order valence-electron chi connectivity index (χ4n) is 5.33. The third kappa shape index (κ3) is 2.19. The molecule has 28 heavy (non-hydrogen) atoms. The molecule has 1 aromatic rings. The monoisotopic (exact) mass is 385 g/mol. The molecule has 1 spiro atoms. The van der Waals surface area contributed by atoms with Gasteiger partial charge in [0.15, 0.2) is 0 Å². The van der Waals surface area contributed by atoms with Crippen LogP contribution in [0.25, 0.3) is 0 Å². The fourth-order valence-corrected chi connectivity index (χ4v) is 5.33. The Balaban J connectivity index is 1.59. The maximum absolute atomic E-state index is 13.4. The first-order valence-corrected chi connectivity index (χ1v) is 9.78. The van der Waals surface area contributed by atoms with Gasteiger partial charge in [-0.25, -0.2) is 0 Å². The van der Waals surface area contributed by atoms with Gasteiger partial charge in [0.05, 0.1) is 30.6 Å². The number of nitrogens with one attached hydrogen (secondary N) is 2. The molecule has 8 nitrogen and oxygen atoms in total. The number of aliphatic hydroxyl groups is 1. The second-order valence-electron chi connectivity index (χ2n) is 8.14. The summed E-state index contributed by atoms with van der Waals surface area (Å²) in [6.45, 7) is 2.41. The van der Waals surface area contributed by atoms with E-state index in [-0.39, 0.29) is 30.4 Å². The van der Waals surface area contributed by atoms with Gasteiger partial charge in [-0.05, 0) is 25.8 Å². The van der Waals surface area contributed by atoms with Crippen LogP contribution in [0, 0.1) is 11.8 Å². The lowest BCUT2D eigenvalue weighted by Gasteiger charge is -2.30. The van der Waals surface area contributed by atoms with E-state index in [4.69, 9.17) is 4.74 Å². The zero-order chi connectivity index (χ0) is 19.6. The zero-order valence-corrected chi connectivity index (χ0v) is 15.6. The van der Waals surface area contributed by atoms with E-state index in [0.29, 0.717) is 17.9 Å². The van der Waals surface area contributed by atoms with Gasteiger partial charge in [0.1, 0.15) is 5.54 Å². The first-order chi connectivity index (χ1) is 13.4. The van der Waals surface area contributed by atoms with Gasteiger partial charge in [0.2, 0.25) is 17.7 Å². The Morgan fingerprint density at radius 1 is 1.29 bits per heavy atom. The first kappa shape index (κ1) is 17.8. The molecule has 0 aromatic heterocycles. The summed E-state index contributed by atoms with van der Waals surface area (Å²) >= 11 is 0. The molecule has 0 radical (unpaired) electrons. The minimum atomic E-state index is -1.35. The molecule has 0 aliphatic carbocycles. The van der Waals surface area contributed by atoms with Crippen molar-refractivity contribution in [3.05, 3.63) is 29.8 Å². The summed E-state index contributed by atoms with van der Waals surface area (Å²) in [6, 6.07) is 6.50. The van der Waals surface area contributed by atoms with Gasteiger partial charge in [-0.15, -0.1) is 0 Å². The van der Waals surface area contributed by atoms with Crippen molar-refractivity contribution in [2.24, 2.45) is 11.8 Å². The SMILES string of the molecule is CC(O)[C@@H]1N[C@@]2(C(=O)Nc3ccccc32)[C@H]2C(=O)N(CC3CCCO3)C(=O)[C@@H]12. The van der Waals surface area contributed by atoms with Crippen LogP contribution in [0.3, 0.4) is 0 Å². The fraction of sp³-hybridized carbons (Fsp3) is 0.550. The second-order valence-corrected chi connectivity index (χ2v) is 8.14. The largest absolute Gasteiger partial charge is 0.392 e. The Labute approximate surface area is 162 Å². The lowest BCUT2D eigenvalue weighted by atomic mass is 9.76. The van der Waals surface area contributed by atoms with Crippen LogP contribution in [-0.4, -0.2) is 59.1 Å². The molecule has 4 aliphatic rings. The molecule has 3 amide bonds. The molecule has 0 bridgehead atoms. The van der Waals surface area contributed by atoms with E-state index in [9.17, 15) is 19.5 Å². The lowest BCUT2D eigenvalue weighted by molar-refractivity contribution is -0.144. The summed E-state index contributed by atoms with van der Waals surface area (Å²) in [7, 11) is 0. The average Bonchev–Trinajstić information content (AvgIpc) is 3.41. The molecule has 5 rings (SSSR count). The number of amides is 3. The van der Waals surface area contributed by atoms with Crippen LogP contribution in [0.2, 0.25) is 0 Å². The maximum atomic E-state index is 13.4. The number of ether oxygens (including phenoxy) is 1. The third-order valence-electron chi connectivity index (χ3n) is 6.58. The molecule has 3 fully saturated rings. The Bertz CT molecular complexity index is 865. The van der Waals surface area contributed by atoms with Gasteiger partial charge in [-0.3, -0.25) is 24.6 Å². The standard InChI is InChI=1S/C20H23N3O5/c1-10(24)16-14-15(18(26)23(17(14)25)9-11-5-4-8-28-11)20(22-16)12-6-2-3-7-13(12)21-19(20)27/h2-3,6-7,10-11,14-16,22,24H,4-5,8-9H2,1H3,(H,21,27)/t10?,11?,14-,15-,16+,20-/m1/s1. The molecule has 148 valence electrons. The van der Waals surface area contributed by atoms with Crippen molar-refractivity contribution in [1.82, 2.24) is 10.2 Å². The number of carbonyl (C=O) groups is 3. The zero-order valence-electron chi connectivity index (χ0n) is 15.6. The molecule has 4 aliphatic heterocycles. The summed E-state index contributed by atoms with van der Waals surface area (Å²) in [5.41, 5.74) is -0.0675. The average molecular weight is 385 g/mol. The number of hydrogen-bond acceptors (Lipinski definition) is 6. The topological polar surface area (TPSA) is 108 Å². The highest BCUT2D eigenvalue weighted by Gasteiger charge is 2.71. The van der Waals surface area contributed by atoms with E-state index in [1.54, 1.807) is 25.1 Å². The highest BCUT2D eigenvalue weighted by molar-refractivity contribution is 6.15. The Morgan fingerprint density at radius 2 is 2.07 bits per heavy atom. The van der Waals surface area contributed by atoms with Crippen molar-refractivity contribution < 1.29 is 24.2 Å². The van der Waals surface area contributed by atoms with Crippen LogP contribution in [0.1, 0.15) is 25.3 Å². The molecule has 3 N–H and O–H groups in total. The highest BCUT2D eigenvalue weighted by Crippen LogP contribution is 2.53. The number of likely N-dealkylation sites (tertiary alicyclic amines) is 1. The molecular formula is C20H23N3O5. The normalized spacial score (nSPS) is 37.5. The van der Waals surface area contributed by atoms with E-state index in [2.05, 4.69) is 10.6 Å². The number of benzene rings is 1. The maximum Gasteiger partial charge on any atom is 0.250 e. The van der Waals surface area contributed by atoms with Gasteiger partial charge in [0.25, 0.3) is 0 Å². The quantitative estimate of drug-likeness (QED) is 0.631. The molecule has 3 saturated heterocycles. The van der Waals surface area contributed by atoms with Gasteiger partial charge in [0, 0.05) is 23.9 Å². The van der Waals surface area contributed by atoms with Crippen molar-refractivity contribution >= 4 is 23.4 Å². The van der Waals surface area contributed by atoms with Crippen LogP contribution in [0.4, 0.5) is 5.69 Å². The smallest absolute Gasteiger partial charge is 0.250 e. The van der Waals surface area contributed by atoms with Crippen LogP contribution in [0.5, 0.6) is 0 Å². The first-order valence-electron chi connectivity index (χ1n) is 9.78. The molecule has 6 atom stereocenters. The van der Waals surface area contributed by atoms with Gasteiger partial charge in [-0.2, -0.15) is 0 Å². The Kier molecular flexibility index (Phi) is 3.88. The van der Waals surface area contributed by atoms with E-state index < -0.39 is 29.5 Å². The van der Waals surface area contributed by atoms with Gasteiger partial charge in [-0.1, -0.05) is 18.2 Å². The molecule has 0 saturated carbocycles. The van der Waals surface area contributed by atoms with Crippen molar-refractivity contribution in [1.29, 1.82) is 0 Å². The van der Waals surface area contributed by atoms with E-state index in [1.807, 2.05) is 6.07 Å². The second kappa shape index (κ2) is 6.10. The van der Waals surface area contributed by atoms with Crippen LogP contribution in [-0.2, 0) is 24.7 Å². The number of carbonyl (C=O) groups excluding carboxylic acids is 3. The minimum Gasteiger partial charge on any atom is -0.392 e. The van der Waals surface area contributed by atoms with Crippen molar-refractivity contribution in [3.8, 4) is 0 Å². The summed E-state index contributed by atoms with van der Waals surface area (Å²) in [6.07, 6.45) is 0.654. The van der Waals surface area contributed by atoms with Crippen LogP contribution in [0.15, 0.2) is 24.3 Å². The van der Waals surface area contributed by atoms with Crippen molar-refractivity contribution in [2.45, 2.75) is 43.6 Å². The minimum absolute atomic E-state index is 0.162. The summed E-state index contributed by atoms with van der Waals surface area (Å²) < 4.78 is 5.61. The summed E-state index contributed by atoms with van der Waals surface area (Å²) in [4.78, 5) is 41.0. The number of rotatable bonds is 3. The predicted octanol–water partition coefficient (Wildman–Crippen LogP) is -0.0332. The third-order valence-corrected chi connectivity index (χ3v) is 6.58. The van der Waals surface area contributed by atoms with E-state index >= 15 is 0 Å². The Morgan fingerprint density at radius 3 is 2.79 bits per heavy atom. The lowest BCUT2D eigenvalue weighted by Crippen LogP contribution is -2.55. The predicted molar refractivity (Wildman–Crippen MR) is 98.0 cm³/mol. The van der Waals surface area contributed by atoms with Crippen molar-refractivity contribution in [3.63, 3.8) is 0 Å². The van der Waals surface area contributed by atoms with Gasteiger partial charge >= 0.3 is 0 Å². The highest BCUT2D eigenvalue weighted by atomic mass is 16.5. The number of para-hydroxylation sites is 1. The van der Waals surface area contributed by atoms with Gasteiger partial charge < -0.3 is 15.2 Å². The Hall–Kier alpha value is -2.29.